The molecule has 2 unspecified atom stereocenters. The number of aromatic amines is 1. The Labute approximate surface area is 196 Å². The van der Waals surface area contributed by atoms with Crippen LogP contribution in [-0.4, -0.2) is 56.9 Å². The van der Waals surface area contributed by atoms with Gasteiger partial charge in [-0.25, -0.2) is 9.50 Å². The fourth-order valence-corrected chi connectivity index (χ4v) is 4.49. The highest BCUT2D eigenvalue weighted by Gasteiger charge is 2.38. The molecule has 1 N–H and O–H groups in total. The van der Waals surface area contributed by atoms with Gasteiger partial charge in [-0.1, -0.05) is 6.07 Å². The van der Waals surface area contributed by atoms with Crippen molar-refractivity contribution in [3.05, 3.63) is 71.5 Å². The van der Waals surface area contributed by atoms with E-state index in [2.05, 4.69) is 34.5 Å². The normalized spacial score (nSPS) is 16.7. The van der Waals surface area contributed by atoms with E-state index in [1.54, 1.807) is 22.0 Å². The van der Waals surface area contributed by atoms with Gasteiger partial charge in [0, 0.05) is 31.1 Å². The molecule has 1 aliphatic heterocycles. The third kappa shape index (κ3) is 3.31. The zero-order valence-corrected chi connectivity index (χ0v) is 19.7. The number of H-pyrrole nitrogens is 1. The average Bonchev–Trinajstić information content (AvgIpc) is 3.62. The molecule has 0 fully saturated rings. The Morgan fingerprint density at radius 1 is 1.26 bits per heavy atom. The van der Waals surface area contributed by atoms with Crippen molar-refractivity contribution in [1.82, 2.24) is 44.5 Å². The van der Waals surface area contributed by atoms with Crippen molar-refractivity contribution >= 4 is 20.7 Å². The zero-order chi connectivity index (χ0) is 23.4. The van der Waals surface area contributed by atoms with Gasteiger partial charge in [0.25, 0.3) is 5.89 Å². The molecule has 1 aliphatic rings. The van der Waals surface area contributed by atoms with E-state index in [9.17, 15) is 4.79 Å². The second kappa shape index (κ2) is 7.88. The summed E-state index contributed by atoms with van der Waals surface area (Å²) in [5, 5.41) is 17.3. The first kappa shape index (κ1) is 20.7. The Kier molecular flexibility index (Phi) is 4.80. The molecule has 0 bridgehead atoms. The molecule has 0 aliphatic carbocycles. The third-order valence-corrected chi connectivity index (χ3v) is 6.36. The van der Waals surface area contributed by atoms with Crippen LogP contribution in [0.2, 0.25) is 0 Å². The average molecular weight is 475 g/mol. The maximum Gasteiger partial charge on any atom is 0.312 e. The number of pyridine rings is 1. The van der Waals surface area contributed by atoms with Crippen LogP contribution in [0.4, 0.5) is 0 Å². The minimum Gasteiger partial charge on any atom is -0.411 e. The lowest BCUT2D eigenvalue weighted by molar-refractivity contribution is 0.0646. The van der Waals surface area contributed by atoms with Crippen LogP contribution >= 0.6 is 9.24 Å². The summed E-state index contributed by atoms with van der Waals surface area (Å²) >= 11 is 0. The van der Waals surface area contributed by atoms with Crippen LogP contribution < -0.4 is 0 Å². The van der Waals surface area contributed by atoms with Crippen molar-refractivity contribution < 1.29 is 9.21 Å². The summed E-state index contributed by atoms with van der Waals surface area (Å²) in [6, 6.07) is 7.28. The minimum atomic E-state index is -0.477. The number of carbonyl (C=O) groups excluding carboxylic acids is 1. The van der Waals surface area contributed by atoms with Gasteiger partial charge in [-0.2, -0.15) is 10.2 Å². The van der Waals surface area contributed by atoms with E-state index in [0.29, 0.717) is 18.7 Å². The van der Waals surface area contributed by atoms with E-state index >= 15 is 0 Å². The van der Waals surface area contributed by atoms with Crippen LogP contribution in [0.15, 0.2) is 47.4 Å². The number of rotatable bonds is 4. The Morgan fingerprint density at radius 2 is 2.15 bits per heavy atom. The topological polar surface area (TPSA) is 123 Å². The van der Waals surface area contributed by atoms with Crippen molar-refractivity contribution in [3.63, 3.8) is 0 Å². The molecule has 0 radical (unpaired) electrons. The SMILES string of the molecule is Cc1cccn2nc([C@@H]3c4nc[nH]c4CCN3C(=O)c3nnc(-c4ccn(C(C)P)n4)o3)cc12. The summed E-state index contributed by atoms with van der Waals surface area (Å²) in [4.78, 5) is 23.0. The molecule has 11 nitrogen and oxygen atoms in total. The van der Waals surface area contributed by atoms with Gasteiger partial charge in [0.2, 0.25) is 0 Å². The van der Waals surface area contributed by atoms with Gasteiger partial charge in [0.1, 0.15) is 11.7 Å². The molecule has 1 amide bonds. The van der Waals surface area contributed by atoms with Crippen molar-refractivity contribution in [2.45, 2.75) is 32.1 Å². The summed E-state index contributed by atoms with van der Waals surface area (Å²) < 4.78 is 9.34. The number of imidazole rings is 1. The molecule has 3 atom stereocenters. The molecule has 6 heterocycles. The maximum absolute atomic E-state index is 13.6. The molecule has 6 rings (SSSR count). The minimum absolute atomic E-state index is 0.0904. The van der Waals surface area contributed by atoms with Crippen LogP contribution in [0.3, 0.4) is 0 Å². The van der Waals surface area contributed by atoms with Crippen LogP contribution in [0.1, 0.15) is 52.1 Å². The number of hydrogen-bond acceptors (Lipinski definition) is 7. The van der Waals surface area contributed by atoms with Crippen LogP contribution in [0, 0.1) is 6.92 Å². The second-order valence-electron chi connectivity index (χ2n) is 8.34. The first-order chi connectivity index (χ1) is 16.5. The highest BCUT2D eigenvalue weighted by atomic mass is 31.0. The van der Waals surface area contributed by atoms with Crippen molar-refractivity contribution in [3.8, 4) is 11.6 Å². The Hall–Kier alpha value is -3.85. The second-order valence-corrected chi connectivity index (χ2v) is 9.31. The van der Waals surface area contributed by atoms with Crippen LogP contribution in [0.25, 0.3) is 17.1 Å². The van der Waals surface area contributed by atoms with Gasteiger partial charge in [-0.3, -0.25) is 9.48 Å². The Balaban J connectivity index is 1.37. The van der Waals surface area contributed by atoms with E-state index in [-0.39, 0.29) is 23.5 Å². The first-order valence-electron chi connectivity index (χ1n) is 10.9. The highest BCUT2D eigenvalue weighted by molar-refractivity contribution is 7.16. The van der Waals surface area contributed by atoms with Crippen molar-refractivity contribution in [2.24, 2.45) is 0 Å². The standard InChI is InChI=1S/C22H22N9O2P/c1-12-4-3-7-31-17(12)10-16(28-31)19-18-14(23-11-24-18)5-8-29(19)22(32)21-26-25-20(33-21)15-6-9-30(27-15)13(2)34/h3-4,6-7,9-11,13,19H,5,8,34H2,1-2H3,(H,23,24)/t13?,19-/m1/s1. The summed E-state index contributed by atoms with van der Waals surface area (Å²) in [7, 11) is 2.67. The van der Waals surface area contributed by atoms with E-state index in [4.69, 9.17) is 9.52 Å². The highest BCUT2D eigenvalue weighted by Crippen LogP contribution is 2.34. The van der Waals surface area contributed by atoms with E-state index in [1.807, 2.05) is 49.0 Å². The van der Waals surface area contributed by atoms with Gasteiger partial charge in [-0.05, 0) is 37.6 Å². The monoisotopic (exact) mass is 475 g/mol. The predicted molar refractivity (Wildman–Crippen MR) is 125 cm³/mol. The maximum atomic E-state index is 13.6. The summed E-state index contributed by atoms with van der Waals surface area (Å²) in [5.74, 6) is -0.147. The molecule has 5 aromatic rings. The molecular formula is C22H22N9O2P. The van der Waals surface area contributed by atoms with Crippen molar-refractivity contribution in [2.75, 3.05) is 6.54 Å². The van der Waals surface area contributed by atoms with Gasteiger partial charge in [-0.15, -0.1) is 19.4 Å². The van der Waals surface area contributed by atoms with Crippen LogP contribution in [0.5, 0.6) is 0 Å². The van der Waals surface area contributed by atoms with Crippen LogP contribution in [-0.2, 0) is 6.42 Å². The molecule has 0 aromatic carbocycles. The summed E-state index contributed by atoms with van der Waals surface area (Å²) in [5.41, 5.74) is 5.08. The first-order valence-corrected chi connectivity index (χ1v) is 11.6. The quantitative estimate of drug-likeness (QED) is 0.397. The molecule has 34 heavy (non-hydrogen) atoms. The number of carbonyl (C=O) groups is 1. The summed E-state index contributed by atoms with van der Waals surface area (Å²) in [6.07, 6.45) is 6.01. The molecule has 0 saturated heterocycles. The number of amides is 1. The van der Waals surface area contributed by atoms with Gasteiger partial charge in [0.05, 0.1) is 29.0 Å². The number of aryl methyl sites for hydroxylation is 1. The fourth-order valence-electron chi connectivity index (χ4n) is 4.32. The zero-order valence-electron chi connectivity index (χ0n) is 18.6. The molecular weight excluding hydrogens is 453 g/mol. The smallest absolute Gasteiger partial charge is 0.312 e. The third-order valence-electron chi connectivity index (χ3n) is 6.05. The van der Waals surface area contributed by atoms with Gasteiger partial charge < -0.3 is 14.3 Å². The Bertz CT molecular complexity index is 1510. The number of nitrogens with one attached hydrogen (secondary N) is 1. The lowest BCUT2D eigenvalue weighted by Gasteiger charge is -2.32. The molecule has 0 spiro atoms. The number of aromatic nitrogens is 8. The fraction of sp³-hybridized carbons (Fsp3) is 0.273. The number of fused-ring (bicyclic) bond motifs is 2. The van der Waals surface area contributed by atoms with E-state index in [0.717, 1.165) is 28.2 Å². The molecule has 0 saturated carbocycles. The molecule has 12 heteroatoms. The largest absolute Gasteiger partial charge is 0.411 e. The molecule has 5 aromatic heterocycles. The summed E-state index contributed by atoms with van der Waals surface area (Å²) in [6.45, 7) is 4.48. The predicted octanol–water partition coefficient (Wildman–Crippen LogP) is 2.79. The van der Waals surface area contributed by atoms with Gasteiger partial charge >= 0.3 is 11.8 Å². The lowest BCUT2D eigenvalue weighted by atomic mass is 9.99. The van der Waals surface area contributed by atoms with E-state index < -0.39 is 6.04 Å². The van der Waals surface area contributed by atoms with E-state index in [1.165, 1.54) is 0 Å². The lowest BCUT2D eigenvalue weighted by Crippen LogP contribution is -2.41. The molecule has 172 valence electrons. The Morgan fingerprint density at radius 3 is 2.94 bits per heavy atom. The van der Waals surface area contributed by atoms with Crippen molar-refractivity contribution in [1.29, 1.82) is 0 Å². The number of hydrogen-bond donors (Lipinski definition) is 1. The number of nitrogens with zero attached hydrogens (tertiary/aromatic N) is 8. The van der Waals surface area contributed by atoms with Gasteiger partial charge in [0.15, 0.2) is 0 Å².